The van der Waals surface area contributed by atoms with Crippen molar-refractivity contribution in [2.24, 2.45) is 0 Å². The Morgan fingerprint density at radius 3 is 1.62 bits per heavy atom. The van der Waals surface area contributed by atoms with Gasteiger partial charge in [0.1, 0.15) is 0 Å². The van der Waals surface area contributed by atoms with Crippen LogP contribution in [-0.4, -0.2) is 38.1 Å². The van der Waals surface area contributed by atoms with Crippen molar-refractivity contribution in [1.82, 2.24) is 0 Å². The number of benzene rings is 1. The fourth-order valence-corrected chi connectivity index (χ4v) is 3.79. The summed E-state index contributed by atoms with van der Waals surface area (Å²) >= 11 is 0. The van der Waals surface area contributed by atoms with E-state index in [4.69, 9.17) is 9.47 Å². The van der Waals surface area contributed by atoms with E-state index in [0.717, 1.165) is 69.9 Å². The molecule has 1 N–H and O–H groups in total. The molecule has 0 aliphatic heterocycles. The SMILES string of the molecule is CCCCCCCCOC(=O)c1ccc(S(=O)(=O)O)cc1C(=O)OCCCCCCCC. The van der Waals surface area contributed by atoms with E-state index in [1.54, 1.807) is 0 Å². The Hall–Kier alpha value is -1.93. The predicted octanol–water partition coefficient (Wildman–Crippen LogP) is 5.97. The van der Waals surface area contributed by atoms with Crippen molar-refractivity contribution in [3.8, 4) is 0 Å². The van der Waals surface area contributed by atoms with Crippen LogP contribution in [-0.2, 0) is 19.6 Å². The first kappa shape index (κ1) is 28.1. The van der Waals surface area contributed by atoms with Gasteiger partial charge in [-0.1, -0.05) is 78.1 Å². The van der Waals surface area contributed by atoms with Crippen LogP contribution in [0.15, 0.2) is 23.1 Å². The van der Waals surface area contributed by atoms with E-state index in [1.165, 1.54) is 18.9 Å². The van der Waals surface area contributed by atoms with Gasteiger partial charge in [0, 0.05) is 0 Å². The second kappa shape index (κ2) is 15.8. The van der Waals surface area contributed by atoms with Gasteiger partial charge in [-0.3, -0.25) is 4.55 Å². The van der Waals surface area contributed by atoms with Gasteiger partial charge in [-0.2, -0.15) is 8.42 Å². The van der Waals surface area contributed by atoms with E-state index in [9.17, 15) is 22.6 Å². The molecule has 0 fully saturated rings. The zero-order valence-corrected chi connectivity index (χ0v) is 20.3. The second-order valence-electron chi connectivity index (χ2n) is 7.99. The van der Waals surface area contributed by atoms with Crippen molar-refractivity contribution in [1.29, 1.82) is 0 Å². The topological polar surface area (TPSA) is 107 Å². The number of esters is 2. The number of hydrogen-bond donors (Lipinski definition) is 1. The van der Waals surface area contributed by atoms with Gasteiger partial charge in [0.25, 0.3) is 10.1 Å². The molecule has 0 unspecified atom stereocenters. The van der Waals surface area contributed by atoms with Crippen LogP contribution < -0.4 is 0 Å². The molecule has 182 valence electrons. The van der Waals surface area contributed by atoms with Crippen molar-refractivity contribution in [3.63, 3.8) is 0 Å². The highest BCUT2D eigenvalue weighted by Gasteiger charge is 2.23. The minimum atomic E-state index is -4.53. The van der Waals surface area contributed by atoms with Crippen molar-refractivity contribution in [2.75, 3.05) is 13.2 Å². The Bertz CT molecular complexity index is 803. The van der Waals surface area contributed by atoms with Gasteiger partial charge in [-0.15, -0.1) is 0 Å². The number of unbranched alkanes of at least 4 members (excludes halogenated alkanes) is 10. The van der Waals surface area contributed by atoms with E-state index in [-0.39, 0.29) is 24.3 Å². The Balaban J connectivity index is 2.71. The summed E-state index contributed by atoms with van der Waals surface area (Å²) in [5.74, 6) is -1.53. The Morgan fingerprint density at radius 2 is 1.16 bits per heavy atom. The van der Waals surface area contributed by atoms with Gasteiger partial charge >= 0.3 is 11.9 Å². The van der Waals surface area contributed by atoms with Gasteiger partial charge in [0.2, 0.25) is 0 Å². The summed E-state index contributed by atoms with van der Waals surface area (Å²) in [6.45, 7) is 4.68. The molecule has 7 nitrogen and oxygen atoms in total. The zero-order chi connectivity index (χ0) is 23.8. The molecule has 0 atom stereocenters. The molecule has 1 rings (SSSR count). The molecule has 0 spiro atoms. The molecule has 0 heterocycles. The van der Waals surface area contributed by atoms with Crippen LogP contribution in [0.25, 0.3) is 0 Å². The average Bonchev–Trinajstić information content (AvgIpc) is 2.76. The maximum absolute atomic E-state index is 12.6. The molecule has 0 aromatic heterocycles. The maximum Gasteiger partial charge on any atom is 0.339 e. The number of carbonyl (C=O) groups excluding carboxylic acids is 2. The normalized spacial score (nSPS) is 11.3. The summed E-state index contributed by atoms with van der Waals surface area (Å²) in [6, 6.07) is 3.20. The van der Waals surface area contributed by atoms with Crippen LogP contribution in [0.1, 0.15) is 112 Å². The van der Waals surface area contributed by atoms with Gasteiger partial charge in [-0.05, 0) is 31.0 Å². The summed E-state index contributed by atoms with van der Waals surface area (Å²) in [4.78, 5) is 24.6. The summed E-state index contributed by atoms with van der Waals surface area (Å²) in [5.41, 5.74) is -0.296. The maximum atomic E-state index is 12.6. The molecule has 0 bridgehead atoms. The third-order valence-electron chi connectivity index (χ3n) is 5.19. The van der Waals surface area contributed by atoms with Gasteiger partial charge in [-0.25, -0.2) is 9.59 Å². The molecule has 0 saturated heterocycles. The number of ether oxygens (including phenoxy) is 2. The highest BCUT2D eigenvalue weighted by molar-refractivity contribution is 7.85. The van der Waals surface area contributed by atoms with Crippen LogP contribution in [0.2, 0.25) is 0 Å². The molecule has 0 aliphatic rings. The lowest BCUT2D eigenvalue weighted by atomic mass is 10.1. The number of hydrogen-bond acceptors (Lipinski definition) is 6. The minimum Gasteiger partial charge on any atom is -0.462 e. The summed E-state index contributed by atoms with van der Waals surface area (Å²) < 4.78 is 42.8. The number of rotatable bonds is 17. The quantitative estimate of drug-likeness (QED) is 0.170. The smallest absolute Gasteiger partial charge is 0.339 e. The predicted molar refractivity (Wildman–Crippen MR) is 124 cm³/mol. The first-order valence-corrected chi connectivity index (χ1v) is 13.2. The standard InChI is InChI=1S/C24H38O7S/c1-3-5-7-9-11-13-17-30-23(25)21-16-15-20(32(27,28)29)19-22(21)24(26)31-18-14-12-10-8-6-4-2/h15-16,19H,3-14,17-18H2,1-2H3,(H,27,28,29). The lowest BCUT2D eigenvalue weighted by molar-refractivity contribution is 0.0450. The van der Waals surface area contributed by atoms with Crippen LogP contribution >= 0.6 is 0 Å². The Morgan fingerprint density at radius 1 is 0.719 bits per heavy atom. The van der Waals surface area contributed by atoms with Crippen molar-refractivity contribution >= 4 is 22.1 Å². The van der Waals surface area contributed by atoms with E-state index >= 15 is 0 Å². The monoisotopic (exact) mass is 470 g/mol. The molecule has 0 aliphatic carbocycles. The highest BCUT2D eigenvalue weighted by Crippen LogP contribution is 2.19. The first-order chi connectivity index (χ1) is 15.3. The third-order valence-corrected chi connectivity index (χ3v) is 6.04. The van der Waals surface area contributed by atoms with E-state index in [0.29, 0.717) is 6.42 Å². The van der Waals surface area contributed by atoms with Crippen molar-refractivity contribution < 1.29 is 32.0 Å². The van der Waals surface area contributed by atoms with Crippen molar-refractivity contribution in [2.45, 2.75) is 95.8 Å². The fraction of sp³-hybridized carbons (Fsp3) is 0.667. The lowest BCUT2D eigenvalue weighted by Crippen LogP contribution is -2.16. The molecule has 0 amide bonds. The molecular weight excluding hydrogens is 432 g/mol. The fourth-order valence-electron chi connectivity index (χ4n) is 3.28. The Labute approximate surface area is 192 Å². The third kappa shape index (κ3) is 11.1. The van der Waals surface area contributed by atoms with E-state index in [1.807, 2.05) is 0 Å². The first-order valence-electron chi connectivity index (χ1n) is 11.8. The molecule has 8 heteroatoms. The van der Waals surface area contributed by atoms with Crippen LogP contribution in [0.3, 0.4) is 0 Å². The molecule has 0 saturated carbocycles. The van der Waals surface area contributed by atoms with E-state index < -0.39 is 27.0 Å². The highest BCUT2D eigenvalue weighted by atomic mass is 32.2. The summed E-state index contributed by atoms with van der Waals surface area (Å²) in [6.07, 6.45) is 12.4. The van der Waals surface area contributed by atoms with Gasteiger partial charge < -0.3 is 9.47 Å². The van der Waals surface area contributed by atoms with Crippen LogP contribution in [0, 0.1) is 0 Å². The summed E-state index contributed by atoms with van der Waals surface area (Å²) in [5, 5.41) is 0. The summed E-state index contributed by atoms with van der Waals surface area (Å²) in [7, 11) is -4.53. The molecule has 1 aromatic carbocycles. The minimum absolute atomic E-state index is 0.0728. The zero-order valence-electron chi connectivity index (χ0n) is 19.4. The largest absolute Gasteiger partial charge is 0.462 e. The van der Waals surface area contributed by atoms with Gasteiger partial charge in [0.05, 0.1) is 29.2 Å². The van der Waals surface area contributed by atoms with Gasteiger partial charge in [0.15, 0.2) is 0 Å². The lowest BCUT2D eigenvalue weighted by Gasteiger charge is -2.11. The van der Waals surface area contributed by atoms with E-state index in [2.05, 4.69) is 13.8 Å². The average molecular weight is 471 g/mol. The molecule has 1 aromatic rings. The Kier molecular flexibility index (Phi) is 13.9. The van der Waals surface area contributed by atoms with Crippen molar-refractivity contribution in [3.05, 3.63) is 29.3 Å². The molecular formula is C24H38O7S. The number of carbonyl (C=O) groups is 2. The van der Waals surface area contributed by atoms with Crippen LogP contribution in [0.5, 0.6) is 0 Å². The molecule has 0 radical (unpaired) electrons. The van der Waals surface area contributed by atoms with Crippen LogP contribution in [0.4, 0.5) is 0 Å². The molecule has 32 heavy (non-hydrogen) atoms. The second-order valence-corrected chi connectivity index (χ2v) is 9.41.